The SMILES string of the molecule is COc1ccc(CCN2COc3cc(C)c4c(c3C2)O/C(=C/c2ccc(C)cc2)C4=O)cc1. The van der Waals surface area contributed by atoms with Gasteiger partial charge in [0.25, 0.3) is 0 Å². The van der Waals surface area contributed by atoms with Crippen molar-refractivity contribution in [3.8, 4) is 17.2 Å². The Morgan fingerprint density at radius 2 is 1.82 bits per heavy atom. The van der Waals surface area contributed by atoms with E-state index in [0.717, 1.165) is 41.2 Å². The van der Waals surface area contributed by atoms with Crippen molar-refractivity contribution in [3.05, 3.63) is 93.7 Å². The van der Waals surface area contributed by atoms with Crippen molar-refractivity contribution in [2.24, 2.45) is 0 Å². The molecule has 0 radical (unpaired) electrons. The second-order valence-corrected chi connectivity index (χ2v) is 8.65. The van der Waals surface area contributed by atoms with E-state index < -0.39 is 0 Å². The fourth-order valence-electron chi connectivity index (χ4n) is 4.31. The van der Waals surface area contributed by atoms with E-state index in [1.807, 2.05) is 62.4 Å². The minimum Gasteiger partial charge on any atom is -0.497 e. The molecule has 0 bridgehead atoms. The van der Waals surface area contributed by atoms with E-state index in [1.165, 1.54) is 11.1 Å². The van der Waals surface area contributed by atoms with Crippen LogP contribution in [0.5, 0.6) is 17.2 Å². The first-order chi connectivity index (χ1) is 16.0. The first kappa shape index (κ1) is 21.3. The van der Waals surface area contributed by atoms with Crippen LogP contribution >= 0.6 is 0 Å². The van der Waals surface area contributed by atoms with Crippen LogP contribution in [-0.4, -0.2) is 31.1 Å². The lowest BCUT2D eigenvalue weighted by Gasteiger charge is -2.30. The number of carbonyl (C=O) groups is 1. The predicted molar refractivity (Wildman–Crippen MR) is 128 cm³/mol. The van der Waals surface area contributed by atoms with Gasteiger partial charge in [0.15, 0.2) is 5.76 Å². The lowest BCUT2D eigenvalue weighted by Crippen LogP contribution is -2.33. The Labute approximate surface area is 194 Å². The minimum atomic E-state index is -0.0683. The molecule has 3 aromatic carbocycles. The van der Waals surface area contributed by atoms with E-state index >= 15 is 0 Å². The number of ketones is 1. The number of hydrogen-bond donors (Lipinski definition) is 0. The van der Waals surface area contributed by atoms with Crippen LogP contribution in [-0.2, 0) is 13.0 Å². The van der Waals surface area contributed by atoms with Gasteiger partial charge in [-0.1, -0.05) is 42.0 Å². The van der Waals surface area contributed by atoms with E-state index in [2.05, 4.69) is 17.0 Å². The van der Waals surface area contributed by atoms with Gasteiger partial charge in [0.1, 0.15) is 24.0 Å². The molecule has 2 heterocycles. The molecular weight excluding hydrogens is 414 g/mol. The molecule has 0 fully saturated rings. The summed E-state index contributed by atoms with van der Waals surface area (Å²) in [5.41, 5.74) is 5.83. The molecule has 0 aromatic heterocycles. The van der Waals surface area contributed by atoms with Crippen molar-refractivity contribution in [3.63, 3.8) is 0 Å². The second kappa shape index (κ2) is 8.75. The van der Waals surface area contributed by atoms with Gasteiger partial charge in [0.2, 0.25) is 5.78 Å². The van der Waals surface area contributed by atoms with Crippen LogP contribution in [0.1, 0.15) is 38.2 Å². The zero-order valence-corrected chi connectivity index (χ0v) is 19.2. The summed E-state index contributed by atoms with van der Waals surface area (Å²) in [6.07, 6.45) is 2.72. The molecule has 5 rings (SSSR count). The van der Waals surface area contributed by atoms with E-state index in [9.17, 15) is 4.79 Å². The maximum Gasteiger partial charge on any atom is 0.232 e. The Kier molecular flexibility index (Phi) is 5.65. The highest BCUT2D eigenvalue weighted by atomic mass is 16.5. The number of Topliss-reactive ketones (excluding diaryl/α,β-unsaturated/α-hetero) is 1. The number of carbonyl (C=O) groups excluding carboxylic acids is 1. The van der Waals surface area contributed by atoms with Crippen LogP contribution in [0.3, 0.4) is 0 Å². The highest BCUT2D eigenvalue weighted by Gasteiger charge is 2.35. The molecule has 0 N–H and O–H groups in total. The third kappa shape index (κ3) is 4.24. The predicted octanol–water partition coefficient (Wildman–Crippen LogP) is 5.32. The fraction of sp³-hybridized carbons (Fsp3) is 0.250. The van der Waals surface area contributed by atoms with Crippen LogP contribution in [0, 0.1) is 13.8 Å². The number of allylic oxidation sites excluding steroid dienone is 1. The van der Waals surface area contributed by atoms with E-state index in [0.29, 0.717) is 30.3 Å². The average molecular weight is 442 g/mol. The van der Waals surface area contributed by atoms with Gasteiger partial charge in [-0.25, -0.2) is 0 Å². The van der Waals surface area contributed by atoms with Gasteiger partial charge in [-0.3, -0.25) is 9.69 Å². The maximum atomic E-state index is 13.2. The summed E-state index contributed by atoms with van der Waals surface area (Å²) in [6.45, 7) is 6.02. The van der Waals surface area contributed by atoms with Crippen LogP contribution in [0.15, 0.2) is 60.4 Å². The molecule has 0 saturated carbocycles. The van der Waals surface area contributed by atoms with Gasteiger partial charge in [-0.05, 0) is 61.2 Å². The largest absolute Gasteiger partial charge is 0.497 e. The third-order valence-corrected chi connectivity index (χ3v) is 6.24. The van der Waals surface area contributed by atoms with Crippen LogP contribution in [0.2, 0.25) is 0 Å². The Hall–Kier alpha value is -3.57. The number of nitrogens with zero attached hydrogens (tertiary/aromatic N) is 1. The van der Waals surface area contributed by atoms with Gasteiger partial charge in [-0.2, -0.15) is 0 Å². The van der Waals surface area contributed by atoms with E-state index in [1.54, 1.807) is 7.11 Å². The van der Waals surface area contributed by atoms with Crippen LogP contribution in [0.4, 0.5) is 0 Å². The van der Waals surface area contributed by atoms with Crippen LogP contribution < -0.4 is 14.2 Å². The quantitative estimate of drug-likeness (QED) is 0.502. The van der Waals surface area contributed by atoms with Crippen LogP contribution in [0.25, 0.3) is 6.08 Å². The molecule has 33 heavy (non-hydrogen) atoms. The Balaban J connectivity index is 1.36. The molecule has 0 spiro atoms. The van der Waals surface area contributed by atoms with E-state index in [4.69, 9.17) is 14.2 Å². The number of methoxy groups -OCH3 is 1. The molecule has 0 unspecified atom stereocenters. The summed E-state index contributed by atoms with van der Waals surface area (Å²) in [5, 5.41) is 0. The lowest BCUT2D eigenvalue weighted by atomic mass is 9.98. The Morgan fingerprint density at radius 3 is 2.55 bits per heavy atom. The molecule has 2 aliphatic rings. The number of ether oxygens (including phenoxy) is 3. The van der Waals surface area contributed by atoms with Crippen molar-refractivity contribution in [1.29, 1.82) is 0 Å². The first-order valence-electron chi connectivity index (χ1n) is 11.2. The molecule has 5 heteroatoms. The van der Waals surface area contributed by atoms with Crippen molar-refractivity contribution in [2.75, 3.05) is 20.4 Å². The highest BCUT2D eigenvalue weighted by molar-refractivity contribution is 6.15. The molecule has 0 atom stereocenters. The number of hydrogen-bond acceptors (Lipinski definition) is 5. The summed E-state index contributed by atoms with van der Waals surface area (Å²) in [7, 11) is 1.67. The molecule has 0 aliphatic carbocycles. The van der Waals surface area contributed by atoms with Gasteiger partial charge in [-0.15, -0.1) is 0 Å². The molecule has 3 aromatic rings. The molecule has 5 nitrogen and oxygen atoms in total. The van der Waals surface area contributed by atoms with Gasteiger partial charge in [0, 0.05) is 13.1 Å². The summed E-state index contributed by atoms with van der Waals surface area (Å²) >= 11 is 0. The summed E-state index contributed by atoms with van der Waals surface area (Å²) in [5.74, 6) is 2.59. The van der Waals surface area contributed by atoms with Crippen molar-refractivity contribution >= 4 is 11.9 Å². The zero-order chi connectivity index (χ0) is 22.9. The van der Waals surface area contributed by atoms with Crippen molar-refractivity contribution in [1.82, 2.24) is 4.90 Å². The zero-order valence-electron chi connectivity index (χ0n) is 19.2. The van der Waals surface area contributed by atoms with Gasteiger partial charge < -0.3 is 14.2 Å². The minimum absolute atomic E-state index is 0.0683. The maximum absolute atomic E-state index is 13.2. The summed E-state index contributed by atoms with van der Waals surface area (Å²) in [4.78, 5) is 15.4. The van der Waals surface area contributed by atoms with Crippen molar-refractivity contribution in [2.45, 2.75) is 26.8 Å². The monoisotopic (exact) mass is 441 g/mol. The molecule has 168 valence electrons. The van der Waals surface area contributed by atoms with Gasteiger partial charge in [0.05, 0.1) is 18.2 Å². The Morgan fingerprint density at radius 1 is 1.06 bits per heavy atom. The lowest BCUT2D eigenvalue weighted by molar-refractivity contribution is 0.0949. The Bertz CT molecular complexity index is 1230. The number of aryl methyl sites for hydroxylation is 2. The third-order valence-electron chi connectivity index (χ3n) is 6.24. The normalized spacial score (nSPS) is 16.2. The highest BCUT2D eigenvalue weighted by Crippen LogP contribution is 2.44. The van der Waals surface area contributed by atoms with Crippen molar-refractivity contribution < 1.29 is 19.0 Å². The first-order valence-corrected chi connectivity index (χ1v) is 11.2. The fourth-order valence-corrected chi connectivity index (χ4v) is 4.31. The van der Waals surface area contributed by atoms with Gasteiger partial charge >= 0.3 is 0 Å². The molecular formula is C28H27NO4. The standard InChI is InChI=1S/C28H27NO4/c1-18-4-6-21(7-5-18)15-25-27(30)26-19(2)14-24-23(28(26)33-25)16-29(17-32-24)13-12-20-8-10-22(31-3)11-9-20/h4-11,14-15H,12-13,16-17H2,1-3H3/b25-15+. The number of fused-ring (bicyclic) bond motifs is 3. The second-order valence-electron chi connectivity index (χ2n) is 8.65. The average Bonchev–Trinajstić information content (AvgIpc) is 3.16. The number of benzene rings is 3. The summed E-state index contributed by atoms with van der Waals surface area (Å²) in [6, 6.07) is 18.1. The number of rotatable bonds is 5. The molecule has 0 amide bonds. The molecule has 2 aliphatic heterocycles. The van der Waals surface area contributed by atoms with E-state index in [-0.39, 0.29) is 5.78 Å². The molecule has 0 saturated heterocycles. The summed E-state index contributed by atoms with van der Waals surface area (Å²) < 4.78 is 17.5. The topological polar surface area (TPSA) is 48.0 Å². The smallest absolute Gasteiger partial charge is 0.232 e.